The van der Waals surface area contributed by atoms with Gasteiger partial charge < -0.3 is 63.5 Å². The normalized spacial score (nSPS) is 16.3. The van der Waals surface area contributed by atoms with Gasteiger partial charge in [-0.2, -0.15) is 25.3 Å². The van der Waals surface area contributed by atoms with Gasteiger partial charge in [-0.15, -0.1) is 0 Å². The molecule has 1 aliphatic rings. The number of carboxylic acids is 1. The third-order valence-electron chi connectivity index (χ3n) is 12.6. The molecule has 0 radical (unpaired) electrons. The fourth-order valence-electron chi connectivity index (χ4n) is 8.54. The molecule has 13 N–H and O–H groups in total. The first-order valence-electron chi connectivity index (χ1n) is 24.3. The number of carbonyl (C=O) groups is 8. The molecule has 0 aliphatic carbocycles. The lowest BCUT2D eigenvalue weighted by atomic mass is 10.00. The topological polar surface area (TPSA) is 320 Å². The van der Waals surface area contributed by atoms with Gasteiger partial charge in [-0.3, -0.25) is 33.6 Å². The zero-order valence-electron chi connectivity index (χ0n) is 40.9. The number of hydrogen-bond donors (Lipinski definition) is 13. The first-order valence-corrected chi connectivity index (χ1v) is 25.6. The van der Waals surface area contributed by atoms with Gasteiger partial charge in [0.1, 0.15) is 48.0 Å². The monoisotopic (exact) mass is 1040 g/mol. The van der Waals surface area contributed by atoms with E-state index in [1.807, 2.05) is 54.6 Å². The summed E-state index contributed by atoms with van der Waals surface area (Å²) in [4.78, 5) is 114. The van der Waals surface area contributed by atoms with Crippen LogP contribution in [0.25, 0.3) is 10.9 Å². The number of aliphatic carboxylic acids is 1. The summed E-state index contributed by atoms with van der Waals surface area (Å²) in [5, 5.41) is 36.8. The van der Waals surface area contributed by atoms with Crippen LogP contribution in [-0.4, -0.2) is 140 Å². The highest BCUT2D eigenvalue weighted by Gasteiger charge is 2.39. The average molecular weight is 1050 g/mol. The molecule has 394 valence electrons. The van der Waals surface area contributed by atoms with E-state index in [9.17, 15) is 48.6 Å². The van der Waals surface area contributed by atoms with Gasteiger partial charge in [-0.25, -0.2) is 4.79 Å². The van der Waals surface area contributed by atoms with Gasteiger partial charge in [0.2, 0.25) is 41.4 Å². The lowest BCUT2D eigenvalue weighted by molar-refractivity contribution is -0.149. The lowest BCUT2D eigenvalue weighted by Gasteiger charge is -2.30. The SMILES string of the molecule is CC(C)[C@H](NC(=O)[C@H](CCCCN)NC(=O)[C@@H](Cc1c[nH]c2ccccc12)NC(=O)[C@H](Cc1ccc(O)cc1)NC(=O)[C@H](CS)NC(=O)[C@H](N)Cc1ccccc1)C(=O)N[C@@H](CS)C(=O)N1CCC[C@H]1C(=O)O. The Morgan fingerprint density at radius 1 is 0.671 bits per heavy atom. The average Bonchev–Trinajstić information content (AvgIpc) is 4.04. The molecule has 0 spiro atoms. The second-order valence-corrected chi connectivity index (χ2v) is 19.2. The van der Waals surface area contributed by atoms with E-state index in [4.69, 9.17) is 11.5 Å². The van der Waals surface area contributed by atoms with Crippen LogP contribution in [-0.2, 0) is 57.6 Å². The van der Waals surface area contributed by atoms with E-state index >= 15 is 0 Å². The predicted octanol–water partition coefficient (Wildman–Crippen LogP) is 0.858. The first-order chi connectivity index (χ1) is 34.9. The largest absolute Gasteiger partial charge is 0.508 e. The number of aromatic amines is 1. The molecule has 7 amide bonds. The van der Waals surface area contributed by atoms with Gasteiger partial charge in [0.15, 0.2) is 0 Å². The molecule has 1 aliphatic heterocycles. The van der Waals surface area contributed by atoms with Gasteiger partial charge in [0.05, 0.1) is 6.04 Å². The van der Waals surface area contributed by atoms with E-state index in [2.05, 4.69) is 62.1 Å². The van der Waals surface area contributed by atoms with E-state index in [0.29, 0.717) is 30.4 Å². The maximum atomic E-state index is 14.7. The molecule has 1 saturated heterocycles. The van der Waals surface area contributed by atoms with Gasteiger partial charge in [0.25, 0.3) is 0 Å². The number of hydrogen-bond acceptors (Lipinski definition) is 13. The highest BCUT2D eigenvalue weighted by molar-refractivity contribution is 7.80. The van der Waals surface area contributed by atoms with Crippen LogP contribution in [0, 0.1) is 5.92 Å². The standard InChI is InChI=1S/C51H68N10O10S2/c1-29(2)43(49(68)59-41(28-73)50(69)61-22-10-16-42(61)51(70)71)60-45(64)37(15-8-9-21-52)55-47(66)39(25-32-26-54-36-14-7-6-13-34(32)36)57-46(65)38(24-31-17-19-33(62)20-18-31)56-48(67)40(27-72)58-44(63)35(53)23-30-11-4-3-5-12-30/h3-7,11-14,17-20,26,29,35,37-43,54,62,72-73H,8-10,15-16,21-25,27-28,52-53H2,1-2H3,(H,55,66)(H,56,67)(H,57,65)(H,58,63)(H,59,68)(H,60,64)(H,70,71)/t35-,37+,38+,39-,40+,41+,42+,43+/m1/s1. The van der Waals surface area contributed by atoms with Crippen LogP contribution in [0.3, 0.4) is 0 Å². The fraction of sp³-hybridized carbons (Fsp3) is 0.451. The molecule has 22 heteroatoms. The molecule has 5 rings (SSSR count). The highest BCUT2D eigenvalue weighted by Crippen LogP contribution is 2.21. The zero-order chi connectivity index (χ0) is 53.2. The van der Waals surface area contributed by atoms with Gasteiger partial charge in [-0.1, -0.05) is 74.5 Å². The van der Waals surface area contributed by atoms with Gasteiger partial charge >= 0.3 is 5.97 Å². The second kappa shape index (κ2) is 28.0. The number of fused-ring (bicyclic) bond motifs is 1. The molecule has 73 heavy (non-hydrogen) atoms. The lowest BCUT2D eigenvalue weighted by Crippen LogP contribution is -2.61. The number of nitrogens with zero attached hydrogens (tertiary/aromatic N) is 1. The number of phenolic OH excluding ortho intramolecular Hbond substituents is 1. The summed E-state index contributed by atoms with van der Waals surface area (Å²) < 4.78 is 0. The minimum atomic E-state index is -1.38. The van der Waals surface area contributed by atoms with Crippen molar-refractivity contribution in [1.29, 1.82) is 0 Å². The maximum Gasteiger partial charge on any atom is 0.326 e. The maximum absolute atomic E-state index is 14.7. The Morgan fingerprint density at radius 3 is 1.86 bits per heavy atom. The summed E-state index contributed by atoms with van der Waals surface area (Å²) in [6.07, 6.45) is 3.35. The summed E-state index contributed by atoms with van der Waals surface area (Å²) in [5.74, 6) is -7.09. The molecule has 3 aromatic carbocycles. The molecule has 4 aromatic rings. The Balaban J connectivity index is 1.39. The van der Waals surface area contributed by atoms with Crippen molar-refractivity contribution in [2.24, 2.45) is 17.4 Å². The summed E-state index contributed by atoms with van der Waals surface area (Å²) in [7, 11) is 0. The van der Waals surface area contributed by atoms with Crippen LogP contribution in [0.5, 0.6) is 5.75 Å². The van der Waals surface area contributed by atoms with Crippen molar-refractivity contribution in [1.82, 2.24) is 41.8 Å². The van der Waals surface area contributed by atoms with E-state index in [1.165, 1.54) is 17.0 Å². The molecule has 0 saturated carbocycles. The second-order valence-electron chi connectivity index (χ2n) is 18.4. The molecular formula is C51H68N10O10S2. The van der Waals surface area contributed by atoms with E-state index in [0.717, 1.165) is 16.5 Å². The molecule has 8 atom stereocenters. The number of amides is 7. The number of nitrogens with one attached hydrogen (secondary N) is 7. The number of para-hydroxylation sites is 1. The zero-order valence-corrected chi connectivity index (χ0v) is 42.7. The molecule has 20 nitrogen and oxygen atoms in total. The Bertz CT molecular complexity index is 2530. The summed E-state index contributed by atoms with van der Waals surface area (Å²) in [5.41, 5.74) is 14.8. The predicted molar refractivity (Wildman–Crippen MR) is 281 cm³/mol. The van der Waals surface area contributed by atoms with Crippen LogP contribution in [0.4, 0.5) is 0 Å². The van der Waals surface area contributed by atoms with Crippen LogP contribution in [0.1, 0.15) is 62.6 Å². The summed E-state index contributed by atoms with van der Waals surface area (Å²) in [6.45, 7) is 3.84. The van der Waals surface area contributed by atoms with Crippen LogP contribution >= 0.6 is 25.3 Å². The number of thiol groups is 2. The number of nitrogens with two attached hydrogens (primary N) is 2. The fourth-order valence-corrected chi connectivity index (χ4v) is 9.05. The van der Waals surface area contributed by atoms with E-state index < -0.39 is 102 Å². The number of aromatic nitrogens is 1. The van der Waals surface area contributed by atoms with Crippen LogP contribution in [0.15, 0.2) is 85.1 Å². The Hall–Kier alpha value is -6.62. The van der Waals surface area contributed by atoms with Crippen LogP contribution in [0.2, 0.25) is 0 Å². The first kappa shape index (κ1) is 57.3. The highest BCUT2D eigenvalue weighted by atomic mass is 32.1. The summed E-state index contributed by atoms with van der Waals surface area (Å²) >= 11 is 8.59. The number of carbonyl (C=O) groups excluding carboxylic acids is 7. The quantitative estimate of drug-likeness (QED) is 0.0292. The van der Waals surface area contributed by atoms with Crippen molar-refractivity contribution in [3.05, 3.63) is 102 Å². The number of likely N-dealkylation sites (tertiary alicyclic amines) is 1. The van der Waals surface area contributed by atoms with Crippen molar-refractivity contribution in [2.45, 2.75) is 114 Å². The van der Waals surface area contributed by atoms with Gasteiger partial charge in [0, 0.05) is 48.0 Å². The van der Waals surface area contributed by atoms with Crippen molar-refractivity contribution in [2.75, 3.05) is 24.6 Å². The number of rotatable bonds is 27. The van der Waals surface area contributed by atoms with Gasteiger partial charge in [-0.05, 0) is 85.9 Å². The number of unbranched alkanes of at least 4 members (excludes halogenated alkanes) is 1. The minimum absolute atomic E-state index is 0.0375. The number of benzene rings is 3. The molecule has 0 bridgehead atoms. The Kier molecular flexibility index (Phi) is 22.0. The summed E-state index contributed by atoms with van der Waals surface area (Å²) in [6, 6.07) is 12.7. The molecular weight excluding hydrogens is 977 g/mol. The Morgan fingerprint density at radius 2 is 1.23 bits per heavy atom. The smallest absolute Gasteiger partial charge is 0.326 e. The third-order valence-corrected chi connectivity index (χ3v) is 13.4. The molecule has 0 unspecified atom stereocenters. The molecule has 1 fully saturated rings. The van der Waals surface area contributed by atoms with Crippen LogP contribution < -0.4 is 43.4 Å². The molecule has 2 heterocycles. The van der Waals surface area contributed by atoms with E-state index in [-0.39, 0.29) is 62.4 Å². The van der Waals surface area contributed by atoms with E-state index in [1.54, 1.807) is 32.2 Å². The number of aromatic hydroxyl groups is 1. The minimum Gasteiger partial charge on any atom is -0.508 e. The van der Waals surface area contributed by atoms with Crippen molar-refractivity contribution >= 4 is 83.5 Å². The Labute approximate surface area is 435 Å². The third kappa shape index (κ3) is 16.4. The van der Waals surface area contributed by atoms with Crippen molar-refractivity contribution in [3.63, 3.8) is 0 Å². The number of H-pyrrole nitrogens is 1. The number of phenols is 1. The van der Waals surface area contributed by atoms with Crippen molar-refractivity contribution in [3.8, 4) is 5.75 Å². The van der Waals surface area contributed by atoms with Crippen molar-refractivity contribution < 1.29 is 48.6 Å². The number of carboxylic acid groups (broad SMARTS) is 1. The molecule has 1 aromatic heterocycles.